The quantitative estimate of drug-likeness (QED) is 0.187. The Hall–Kier alpha value is -4.44. The number of benzene rings is 4. The summed E-state index contributed by atoms with van der Waals surface area (Å²) >= 11 is 12.9. The number of carboxylic acid groups (broad SMARTS) is 1. The van der Waals surface area contributed by atoms with E-state index in [4.69, 9.17) is 32.9 Å². The first kappa shape index (κ1) is 32.1. The van der Waals surface area contributed by atoms with Crippen LogP contribution in [0.3, 0.4) is 0 Å². The van der Waals surface area contributed by atoms with Crippen LogP contribution in [-0.2, 0) is 23.4 Å². The van der Waals surface area contributed by atoms with Crippen LogP contribution in [0.4, 0.5) is 10.1 Å². The number of carbonyl (C=O) groups is 2. The largest absolute Gasteiger partial charge is 0.494 e. The third-order valence-electron chi connectivity index (χ3n) is 9.91. The summed E-state index contributed by atoms with van der Waals surface area (Å²) in [6.07, 6.45) is 0.631. The fraction of sp³-hybridized carbons (Fsp3) is 0.270. The van der Waals surface area contributed by atoms with Gasteiger partial charge in [0, 0.05) is 47.2 Å². The lowest BCUT2D eigenvalue weighted by molar-refractivity contribution is -0.128. The van der Waals surface area contributed by atoms with Crippen molar-refractivity contribution in [3.05, 3.63) is 123 Å². The van der Waals surface area contributed by atoms with Crippen LogP contribution in [0.2, 0.25) is 10.0 Å². The lowest BCUT2D eigenvalue weighted by Gasteiger charge is -2.40. The number of hydrogen-bond acceptors (Lipinski definition) is 5. The molecule has 4 heterocycles. The number of aryl methyl sites for hydroxylation is 1. The van der Waals surface area contributed by atoms with Crippen LogP contribution in [-0.4, -0.2) is 44.1 Å². The van der Waals surface area contributed by atoms with Crippen LogP contribution in [0.25, 0.3) is 11.0 Å². The zero-order valence-corrected chi connectivity index (χ0v) is 26.7. The number of amides is 1. The average molecular weight is 688 g/mol. The predicted octanol–water partition coefficient (Wildman–Crippen LogP) is 8.22. The SMILES string of the molecule is C.CCOc1cccc(CN2[C@H]3CCn4c(nc5cc(C(=O)O)ccc54)[C@H]3[C@H](c3cccc(Cl)c3F)[C@]23C(=O)Nc2cc(Cl)ccc23)c1. The van der Waals surface area contributed by atoms with Gasteiger partial charge in [0.15, 0.2) is 0 Å². The highest BCUT2D eigenvalue weighted by Gasteiger charge is 2.68. The molecule has 0 saturated carbocycles. The lowest BCUT2D eigenvalue weighted by atomic mass is 9.70. The van der Waals surface area contributed by atoms with E-state index in [1.54, 1.807) is 42.5 Å². The molecular weight excluding hydrogens is 654 g/mol. The smallest absolute Gasteiger partial charge is 0.335 e. The Morgan fingerprint density at radius 1 is 1.10 bits per heavy atom. The molecule has 0 radical (unpaired) electrons. The summed E-state index contributed by atoms with van der Waals surface area (Å²) in [5.41, 5.74) is 2.58. The molecule has 1 aromatic heterocycles. The first-order valence-electron chi connectivity index (χ1n) is 15.5. The predicted molar refractivity (Wildman–Crippen MR) is 184 cm³/mol. The maximum atomic E-state index is 16.4. The van der Waals surface area contributed by atoms with Crippen molar-refractivity contribution in [2.75, 3.05) is 11.9 Å². The summed E-state index contributed by atoms with van der Waals surface area (Å²) in [6, 6.07) is 22.7. The Morgan fingerprint density at radius 3 is 2.71 bits per heavy atom. The zero-order valence-electron chi connectivity index (χ0n) is 25.2. The number of carboxylic acids is 1. The molecule has 5 aromatic rings. The van der Waals surface area contributed by atoms with Crippen LogP contribution in [0.1, 0.15) is 65.5 Å². The number of fused-ring (bicyclic) bond motifs is 7. The number of nitrogens with one attached hydrogen (secondary N) is 1. The molecule has 1 spiro atoms. The molecular formula is C37H33Cl2FN4O4. The van der Waals surface area contributed by atoms with Gasteiger partial charge in [0.05, 0.1) is 28.2 Å². The number of imidazole rings is 1. The molecule has 246 valence electrons. The number of anilines is 1. The summed E-state index contributed by atoms with van der Waals surface area (Å²) < 4.78 is 24.3. The highest BCUT2D eigenvalue weighted by molar-refractivity contribution is 6.31. The second-order valence-electron chi connectivity index (χ2n) is 12.3. The van der Waals surface area contributed by atoms with Gasteiger partial charge in [-0.3, -0.25) is 9.69 Å². The highest BCUT2D eigenvalue weighted by atomic mass is 35.5. The van der Waals surface area contributed by atoms with Crippen LogP contribution < -0.4 is 10.1 Å². The van der Waals surface area contributed by atoms with Crippen molar-refractivity contribution in [1.82, 2.24) is 14.5 Å². The Kier molecular flexibility index (Phi) is 7.97. The van der Waals surface area contributed by atoms with E-state index >= 15 is 4.39 Å². The molecule has 4 atom stereocenters. The first-order valence-corrected chi connectivity index (χ1v) is 16.2. The standard InChI is InChI=1S/C36H29Cl2FN4O4.CH4/c1-2-47-22-6-3-5-19(15-22)18-43-29-13-14-42-28-12-9-20(34(44)45)16-27(28)40-33(42)30(29)31(23-7-4-8-25(38)32(23)39)36(43)24-11-10-21(37)17-26(24)41-35(36)46;/h3-12,15-17,29-31H,2,13-14,18H2,1H3,(H,41,46)(H,44,45);1H4/t29-,30+,31-,36+;/m0./s1. The number of hydrogen-bond donors (Lipinski definition) is 2. The molecule has 0 bridgehead atoms. The van der Waals surface area contributed by atoms with Crippen molar-refractivity contribution in [2.45, 2.75) is 57.3 Å². The van der Waals surface area contributed by atoms with Gasteiger partial charge >= 0.3 is 5.97 Å². The van der Waals surface area contributed by atoms with Gasteiger partial charge in [-0.2, -0.15) is 0 Å². The van der Waals surface area contributed by atoms with Crippen molar-refractivity contribution in [3.63, 3.8) is 0 Å². The minimum absolute atomic E-state index is 0. The van der Waals surface area contributed by atoms with Crippen molar-refractivity contribution in [2.24, 2.45) is 0 Å². The van der Waals surface area contributed by atoms with Crippen molar-refractivity contribution in [1.29, 1.82) is 0 Å². The van der Waals surface area contributed by atoms with E-state index in [-0.39, 0.29) is 30.0 Å². The molecule has 2 N–H and O–H groups in total. The molecule has 11 heteroatoms. The molecule has 0 unspecified atom stereocenters. The van der Waals surface area contributed by atoms with E-state index in [9.17, 15) is 14.7 Å². The number of halogens is 3. The van der Waals surface area contributed by atoms with E-state index in [0.717, 1.165) is 16.8 Å². The molecule has 8 rings (SSSR count). The Bertz CT molecular complexity index is 2120. The lowest BCUT2D eigenvalue weighted by Crippen LogP contribution is -2.51. The van der Waals surface area contributed by atoms with Gasteiger partial charge in [0.2, 0.25) is 5.91 Å². The summed E-state index contributed by atoms with van der Waals surface area (Å²) in [5, 5.41) is 13.2. The van der Waals surface area contributed by atoms with E-state index in [1.165, 1.54) is 6.07 Å². The summed E-state index contributed by atoms with van der Waals surface area (Å²) in [4.78, 5) is 33.9. The minimum atomic E-state index is -1.37. The molecule has 48 heavy (non-hydrogen) atoms. The van der Waals surface area contributed by atoms with Crippen molar-refractivity contribution in [3.8, 4) is 5.75 Å². The van der Waals surface area contributed by atoms with Gasteiger partial charge in [-0.1, -0.05) is 61.0 Å². The fourth-order valence-electron chi connectivity index (χ4n) is 8.21. The zero-order chi connectivity index (χ0) is 32.6. The molecule has 3 aliphatic heterocycles. The molecule has 3 aliphatic rings. The van der Waals surface area contributed by atoms with E-state index in [2.05, 4.69) is 14.8 Å². The Morgan fingerprint density at radius 2 is 1.92 bits per heavy atom. The van der Waals surface area contributed by atoms with Crippen LogP contribution >= 0.6 is 23.2 Å². The van der Waals surface area contributed by atoms with Gasteiger partial charge in [-0.25, -0.2) is 14.2 Å². The number of likely N-dealkylation sites (tertiary alicyclic amines) is 1. The van der Waals surface area contributed by atoms with Gasteiger partial charge in [0.1, 0.15) is 22.9 Å². The number of nitrogens with zero attached hydrogens (tertiary/aromatic N) is 3. The Balaban J connectivity index is 0.00000364. The first-order chi connectivity index (χ1) is 22.7. The third-order valence-corrected chi connectivity index (χ3v) is 10.4. The molecule has 1 amide bonds. The number of ether oxygens (including phenoxy) is 1. The van der Waals surface area contributed by atoms with Gasteiger partial charge in [0.25, 0.3) is 0 Å². The van der Waals surface area contributed by atoms with E-state index < -0.39 is 29.2 Å². The van der Waals surface area contributed by atoms with Crippen molar-refractivity contribution < 1.29 is 23.8 Å². The number of carbonyl (C=O) groups excluding carboxylic acids is 1. The second kappa shape index (κ2) is 11.9. The summed E-state index contributed by atoms with van der Waals surface area (Å²) in [5.74, 6) is -1.77. The van der Waals surface area contributed by atoms with Crippen LogP contribution in [0, 0.1) is 5.82 Å². The van der Waals surface area contributed by atoms with E-state index in [0.29, 0.717) is 59.3 Å². The Labute approximate surface area is 287 Å². The summed E-state index contributed by atoms with van der Waals surface area (Å²) in [7, 11) is 0. The number of aromatic nitrogens is 2. The number of rotatable bonds is 6. The maximum absolute atomic E-state index is 16.4. The summed E-state index contributed by atoms with van der Waals surface area (Å²) in [6.45, 7) is 3.37. The topological polar surface area (TPSA) is 96.7 Å². The molecule has 0 aliphatic carbocycles. The number of aromatic carboxylic acids is 1. The van der Waals surface area contributed by atoms with Gasteiger partial charge in [-0.05, 0) is 73.0 Å². The maximum Gasteiger partial charge on any atom is 0.335 e. The van der Waals surface area contributed by atoms with Crippen molar-refractivity contribution >= 4 is 51.8 Å². The third kappa shape index (κ3) is 4.63. The molecule has 1 fully saturated rings. The molecule has 4 aromatic carbocycles. The average Bonchev–Trinajstić information content (AvgIpc) is 3.66. The van der Waals surface area contributed by atoms with Crippen LogP contribution in [0.5, 0.6) is 5.75 Å². The van der Waals surface area contributed by atoms with Gasteiger partial charge in [-0.15, -0.1) is 0 Å². The minimum Gasteiger partial charge on any atom is -0.494 e. The normalized spacial score (nSPS) is 22.6. The second-order valence-corrected chi connectivity index (χ2v) is 13.1. The molecule has 8 nitrogen and oxygen atoms in total. The van der Waals surface area contributed by atoms with Crippen LogP contribution in [0.15, 0.2) is 78.9 Å². The van der Waals surface area contributed by atoms with E-state index in [1.807, 2.05) is 37.3 Å². The fourth-order valence-corrected chi connectivity index (χ4v) is 8.56. The van der Waals surface area contributed by atoms with Gasteiger partial charge < -0.3 is 19.7 Å². The monoisotopic (exact) mass is 686 g/mol. The highest BCUT2D eigenvalue weighted by Crippen LogP contribution is 2.64. The molecule has 1 saturated heterocycles.